The van der Waals surface area contributed by atoms with Crippen LogP contribution in [-0.2, 0) is 0 Å². The molecule has 84 valence electrons. The zero-order valence-electron chi connectivity index (χ0n) is 9.79. The van der Waals surface area contributed by atoms with Crippen molar-refractivity contribution in [3.8, 4) is 0 Å². The molecule has 0 radical (unpaired) electrons. The van der Waals surface area contributed by atoms with Crippen LogP contribution < -0.4 is 5.32 Å². The Bertz CT molecular complexity index is 309. The average molecular weight is 224 g/mol. The van der Waals surface area contributed by atoms with E-state index in [2.05, 4.69) is 36.5 Å². The summed E-state index contributed by atoms with van der Waals surface area (Å²) in [6, 6.07) is 0.682. The molecular weight excluding hydrogens is 204 g/mol. The van der Waals surface area contributed by atoms with Gasteiger partial charge in [0, 0.05) is 23.5 Å². The lowest BCUT2D eigenvalue weighted by atomic mass is 9.56. The summed E-state index contributed by atoms with van der Waals surface area (Å²) >= 11 is 1.81. The molecule has 0 bridgehead atoms. The largest absolute Gasteiger partial charge is 0.314 e. The highest BCUT2D eigenvalue weighted by molar-refractivity contribution is 7.09. The van der Waals surface area contributed by atoms with Crippen LogP contribution in [0.3, 0.4) is 0 Å². The third kappa shape index (κ3) is 1.72. The van der Waals surface area contributed by atoms with E-state index in [1.807, 2.05) is 6.20 Å². The Hall–Kier alpha value is -0.410. The Morgan fingerprint density at radius 2 is 2.40 bits per heavy atom. The predicted molar refractivity (Wildman–Crippen MR) is 65.3 cm³/mol. The normalized spacial score (nSPS) is 35.1. The molecule has 0 aliphatic heterocycles. The van der Waals surface area contributed by atoms with Crippen molar-refractivity contribution in [3.05, 3.63) is 16.6 Å². The Morgan fingerprint density at radius 1 is 1.60 bits per heavy atom. The van der Waals surface area contributed by atoms with Gasteiger partial charge >= 0.3 is 0 Å². The lowest BCUT2D eigenvalue weighted by molar-refractivity contribution is 0.0454. The minimum absolute atomic E-state index is 0.411. The van der Waals surface area contributed by atoms with E-state index in [0.717, 1.165) is 6.54 Å². The van der Waals surface area contributed by atoms with Gasteiger partial charge in [-0.3, -0.25) is 0 Å². The lowest BCUT2D eigenvalue weighted by Crippen LogP contribution is -2.56. The Labute approximate surface area is 96.1 Å². The Morgan fingerprint density at radius 3 is 2.93 bits per heavy atom. The second-order valence-electron chi connectivity index (χ2n) is 4.63. The average Bonchev–Trinajstić information content (AvgIpc) is 2.75. The smallest absolute Gasteiger partial charge is 0.0962 e. The predicted octanol–water partition coefficient (Wildman–Crippen LogP) is 3.02. The molecule has 1 saturated carbocycles. The Balaban J connectivity index is 2.11. The number of rotatable bonds is 4. The second-order valence-corrected chi connectivity index (χ2v) is 5.55. The molecule has 2 nitrogen and oxygen atoms in total. The van der Waals surface area contributed by atoms with Crippen molar-refractivity contribution in [2.45, 2.75) is 45.6 Å². The minimum atomic E-state index is 0.411. The number of thiazole rings is 1. The van der Waals surface area contributed by atoms with E-state index in [4.69, 9.17) is 0 Å². The molecule has 1 heterocycles. The maximum atomic E-state index is 4.47. The third-order valence-corrected chi connectivity index (χ3v) is 4.91. The van der Waals surface area contributed by atoms with Crippen molar-refractivity contribution in [2.75, 3.05) is 6.54 Å². The zero-order valence-corrected chi connectivity index (χ0v) is 10.6. The van der Waals surface area contributed by atoms with Crippen LogP contribution in [0, 0.1) is 5.41 Å². The topological polar surface area (TPSA) is 24.9 Å². The van der Waals surface area contributed by atoms with E-state index in [-0.39, 0.29) is 0 Å². The molecule has 3 atom stereocenters. The number of nitrogens with zero attached hydrogens (tertiary/aromatic N) is 1. The van der Waals surface area contributed by atoms with E-state index >= 15 is 0 Å². The van der Waals surface area contributed by atoms with Gasteiger partial charge in [-0.25, -0.2) is 4.98 Å². The van der Waals surface area contributed by atoms with Gasteiger partial charge < -0.3 is 5.32 Å². The summed E-state index contributed by atoms with van der Waals surface area (Å²) in [4.78, 5) is 4.47. The molecule has 0 amide bonds. The third-order valence-electron chi connectivity index (χ3n) is 4.03. The van der Waals surface area contributed by atoms with Gasteiger partial charge in [-0.1, -0.05) is 20.8 Å². The van der Waals surface area contributed by atoms with E-state index in [9.17, 15) is 0 Å². The molecule has 2 rings (SSSR count). The second kappa shape index (κ2) is 4.22. The maximum absolute atomic E-state index is 4.47. The van der Waals surface area contributed by atoms with Crippen molar-refractivity contribution in [1.82, 2.24) is 10.3 Å². The first-order valence-corrected chi connectivity index (χ1v) is 6.73. The van der Waals surface area contributed by atoms with Crippen molar-refractivity contribution in [3.63, 3.8) is 0 Å². The fraction of sp³-hybridized carbons (Fsp3) is 0.750. The van der Waals surface area contributed by atoms with Gasteiger partial charge in [0.25, 0.3) is 0 Å². The summed E-state index contributed by atoms with van der Waals surface area (Å²) in [6.07, 6.45) is 4.41. The molecule has 15 heavy (non-hydrogen) atoms. The van der Waals surface area contributed by atoms with Crippen LogP contribution in [0.1, 0.15) is 44.5 Å². The molecule has 1 aliphatic carbocycles. The monoisotopic (exact) mass is 224 g/mol. The van der Waals surface area contributed by atoms with Gasteiger partial charge in [0.15, 0.2) is 0 Å². The van der Waals surface area contributed by atoms with E-state index in [1.54, 1.807) is 11.3 Å². The summed E-state index contributed by atoms with van der Waals surface area (Å²) in [7, 11) is 0. The summed E-state index contributed by atoms with van der Waals surface area (Å²) < 4.78 is 0. The van der Waals surface area contributed by atoms with Crippen molar-refractivity contribution in [2.24, 2.45) is 5.41 Å². The fourth-order valence-electron chi connectivity index (χ4n) is 2.70. The van der Waals surface area contributed by atoms with Crippen molar-refractivity contribution >= 4 is 11.3 Å². The molecular formula is C12H20N2S. The zero-order chi connectivity index (χ0) is 10.9. The van der Waals surface area contributed by atoms with Crippen molar-refractivity contribution < 1.29 is 0 Å². The summed E-state index contributed by atoms with van der Waals surface area (Å²) in [5.74, 6) is 0.673. The molecule has 3 unspecified atom stereocenters. The van der Waals surface area contributed by atoms with Gasteiger partial charge in [0.2, 0.25) is 0 Å². The molecule has 1 aromatic rings. The van der Waals surface area contributed by atoms with Crippen LogP contribution in [0.5, 0.6) is 0 Å². The summed E-state index contributed by atoms with van der Waals surface area (Å²) in [6.45, 7) is 7.96. The first-order chi connectivity index (χ1) is 7.22. The lowest BCUT2D eigenvalue weighted by Gasteiger charge is -2.53. The maximum Gasteiger partial charge on any atom is 0.0962 e. The molecule has 1 aliphatic rings. The van der Waals surface area contributed by atoms with Crippen molar-refractivity contribution in [1.29, 1.82) is 0 Å². The van der Waals surface area contributed by atoms with Gasteiger partial charge in [-0.2, -0.15) is 0 Å². The van der Waals surface area contributed by atoms with Crippen LogP contribution in [-0.4, -0.2) is 17.6 Å². The Kier molecular flexibility index (Phi) is 3.12. The molecule has 0 aromatic carbocycles. The summed E-state index contributed by atoms with van der Waals surface area (Å²) in [5.41, 5.74) is 0.411. The number of aromatic nitrogens is 1. The van der Waals surface area contributed by atoms with Crippen LogP contribution in [0.15, 0.2) is 11.6 Å². The quantitative estimate of drug-likeness (QED) is 0.850. The van der Waals surface area contributed by atoms with E-state index in [1.165, 1.54) is 17.8 Å². The highest BCUT2D eigenvalue weighted by Gasteiger charge is 2.51. The van der Waals surface area contributed by atoms with E-state index < -0.39 is 0 Å². The summed E-state index contributed by atoms with van der Waals surface area (Å²) in [5, 5.41) is 7.01. The SMILES string of the molecule is CCNC1CC(c2nccs2)C1(C)CC. The van der Waals surface area contributed by atoms with Gasteiger partial charge in [-0.05, 0) is 24.8 Å². The van der Waals surface area contributed by atoms with Crippen LogP contribution in [0.4, 0.5) is 0 Å². The first-order valence-electron chi connectivity index (χ1n) is 5.85. The molecule has 1 aromatic heterocycles. The van der Waals surface area contributed by atoms with Gasteiger partial charge in [0.05, 0.1) is 5.01 Å². The molecule has 1 fully saturated rings. The van der Waals surface area contributed by atoms with Crippen LogP contribution in [0.2, 0.25) is 0 Å². The minimum Gasteiger partial charge on any atom is -0.314 e. The van der Waals surface area contributed by atoms with Gasteiger partial charge in [-0.15, -0.1) is 11.3 Å². The first kappa shape index (κ1) is 11.1. The number of nitrogens with one attached hydrogen (secondary N) is 1. The molecule has 1 N–H and O–H groups in total. The highest BCUT2D eigenvalue weighted by atomic mass is 32.1. The number of hydrogen-bond acceptors (Lipinski definition) is 3. The number of hydrogen-bond donors (Lipinski definition) is 1. The molecule has 3 heteroatoms. The van der Waals surface area contributed by atoms with Crippen LogP contribution in [0.25, 0.3) is 0 Å². The van der Waals surface area contributed by atoms with E-state index in [0.29, 0.717) is 17.4 Å². The molecule has 0 spiro atoms. The van der Waals surface area contributed by atoms with Gasteiger partial charge in [0.1, 0.15) is 0 Å². The van der Waals surface area contributed by atoms with Crippen LogP contribution >= 0.6 is 11.3 Å². The standard InChI is InChI=1S/C12H20N2S/c1-4-12(3)9(8-10(12)13-5-2)11-14-6-7-15-11/h6-7,9-10,13H,4-5,8H2,1-3H3. The molecule has 0 saturated heterocycles. The highest BCUT2D eigenvalue weighted by Crippen LogP contribution is 2.55. The fourth-order valence-corrected chi connectivity index (χ4v) is 3.61.